The molecule has 0 aliphatic heterocycles. The van der Waals surface area contributed by atoms with Gasteiger partial charge in [0.2, 0.25) is 0 Å². The number of aryl methyl sites for hydroxylation is 1. The summed E-state index contributed by atoms with van der Waals surface area (Å²) in [5.41, 5.74) is 3.66. The molecule has 0 saturated heterocycles. The first-order chi connectivity index (χ1) is 14.1. The van der Waals surface area contributed by atoms with Gasteiger partial charge >= 0.3 is 6.09 Å². The summed E-state index contributed by atoms with van der Waals surface area (Å²) in [7, 11) is 1.96. The second-order valence-corrected chi connectivity index (χ2v) is 8.76. The van der Waals surface area contributed by atoms with E-state index in [2.05, 4.69) is 11.4 Å². The quantitative estimate of drug-likeness (QED) is 0.532. The molecule has 2 aromatic carbocycles. The molecule has 0 aromatic heterocycles. The Bertz CT molecular complexity index is 932. The molecule has 30 heavy (non-hydrogen) atoms. The van der Waals surface area contributed by atoms with Crippen molar-refractivity contribution in [2.24, 2.45) is 4.99 Å². The first-order valence-corrected chi connectivity index (χ1v) is 10.2. The molecule has 0 heterocycles. The summed E-state index contributed by atoms with van der Waals surface area (Å²) in [6.07, 6.45) is 1.37. The molecular formula is C24H30FN3O2. The minimum absolute atomic E-state index is 0.0674. The number of carbonyl (C=O) groups excluding carboxylic acids is 1. The maximum Gasteiger partial charge on any atom is 0.408 e. The lowest BCUT2D eigenvalue weighted by atomic mass is 10.1. The van der Waals surface area contributed by atoms with E-state index in [1.165, 1.54) is 17.7 Å². The van der Waals surface area contributed by atoms with Crippen molar-refractivity contribution in [2.45, 2.75) is 58.7 Å². The highest BCUT2D eigenvalue weighted by Crippen LogP contribution is 2.34. The topological polar surface area (TPSA) is 53.9 Å². The van der Waals surface area contributed by atoms with Gasteiger partial charge in [-0.3, -0.25) is 0 Å². The molecule has 0 spiro atoms. The first-order valence-electron chi connectivity index (χ1n) is 10.2. The number of nitrogens with one attached hydrogen (secondary N) is 1. The monoisotopic (exact) mass is 411 g/mol. The average molecular weight is 412 g/mol. The van der Waals surface area contributed by atoms with E-state index in [0.717, 1.165) is 35.5 Å². The molecule has 1 unspecified atom stereocenters. The van der Waals surface area contributed by atoms with Crippen LogP contribution in [0.1, 0.15) is 56.8 Å². The smallest absolute Gasteiger partial charge is 0.408 e. The van der Waals surface area contributed by atoms with E-state index in [-0.39, 0.29) is 11.9 Å². The third-order valence-corrected chi connectivity index (χ3v) is 5.07. The summed E-state index contributed by atoms with van der Waals surface area (Å²) in [5, 5.41) is 2.98. The second-order valence-electron chi connectivity index (χ2n) is 8.76. The third kappa shape index (κ3) is 5.81. The van der Waals surface area contributed by atoms with Gasteiger partial charge < -0.3 is 15.0 Å². The number of benzene rings is 2. The fourth-order valence-corrected chi connectivity index (χ4v) is 3.51. The molecule has 0 fully saturated rings. The van der Waals surface area contributed by atoms with Crippen molar-refractivity contribution >= 4 is 17.6 Å². The van der Waals surface area contributed by atoms with Gasteiger partial charge in [0, 0.05) is 13.6 Å². The van der Waals surface area contributed by atoms with Crippen LogP contribution in [0, 0.1) is 5.82 Å². The molecule has 1 amide bonds. The van der Waals surface area contributed by atoms with Gasteiger partial charge in [-0.2, -0.15) is 0 Å². The Labute approximate surface area is 178 Å². The zero-order valence-corrected chi connectivity index (χ0v) is 18.3. The maximum atomic E-state index is 13.1. The Morgan fingerprint density at radius 3 is 2.60 bits per heavy atom. The van der Waals surface area contributed by atoms with Crippen LogP contribution in [0.3, 0.4) is 0 Å². The van der Waals surface area contributed by atoms with Crippen molar-refractivity contribution in [2.75, 3.05) is 7.05 Å². The molecule has 160 valence electrons. The SMILES string of the molecule is C/C(=N\c1ccc2c(c1)C(NC(=O)OC(C)(C)C)CC2)N(C)Cc1ccc(F)cc1. The van der Waals surface area contributed by atoms with E-state index in [1.807, 2.05) is 51.8 Å². The number of aliphatic imine (C=N–C) groups is 1. The maximum absolute atomic E-state index is 13.1. The Hall–Kier alpha value is -2.89. The number of rotatable bonds is 4. The van der Waals surface area contributed by atoms with Crippen molar-refractivity contribution in [3.05, 3.63) is 65.0 Å². The molecule has 1 aliphatic carbocycles. The van der Waals surface area contributed by atoms with Crippen LogP contribution in [-0.2, 0) is 17.7 Å². The lowest BCUT2D eigenvalue weighted by Crippen LogP contribution is -2.34. The number of amides is 1. The van der Waals surface area contributed by atoms with Crippen molar-refractivity contribution < 1.29 is 13.9 Å². The Balaban J connectivity index is 1.70. The number of nitrogens with zero attached hydrogens (tertiary/aromatic N) is 2. The minimum Gasteiger partial charge on any atom is -0.444 e. The number of amidine groups is 1. The zero-order chi connectivity index (χ0) is 21.9. The van der Waals surface area contributed by atoms with Gasteiger partial charge in [0.25, 0.3) is 0 Å². The van der Waals surface area contributed by atoms with E-state index in [4.69, 9.17) is 9.73 Å². The lowest BCUT2D eigenvalue weighted by Gasteiger charge is -2.22. The van der Waals surface area contributed by atoms with E-state index >= 15 is 0 Å². The van der Waals surface area contributed by atoms with Gasteiger partial charge in [-0.05, 0) is 81.5 Å². The summed E-state index contributed by atoms with van der Waals surface area (Å²) in [6, 6.07) is 12.6. The zero-order valence-electron chi connectivity index (χ0n) is 18.3. The molecule has 0 saturated carbocycles. The summed E-state index contributed by atoms with van der Waals surface area (Å²) in [6.45, 7) is 8.16. The van der Waals surface area contributed by atoms with Crippen LogP contribution in [0.5, 0.6) is 0 Å². The standard InChI is InChI=1S/C24H30FN3O2/c1-16(28(5)15-17-6-10-19(25)11-7-17)26-20-12-8-18-9-13-22(21(18)14-20)27-23(29)30-24(2,3)4/h6-8,10-12,14,22H,9,13,15H2,1-5H3,(H,27,29)/b26-16+. The highest BCUT2D eigenvalue weighted by Gasteiger charge is 2.26. The van der Waals surface area contributed by atoms with Crippen LogP contribution >= 0.6 is 0 Å². The van der Waals surface area contributed by atoms with E-state index < -0.39 is 11.7 Å². The Morgan fingerprint density at radius 2 is 1.93 bits per heavy atom. The molecule has 3 rings (SSSR count). The number of carbonyl (C=O) groups is 1. The Morgan fingerprint density at radius 1 is 1.23 bits per heavy atom. The van der Waals surface area contributed by atoms with Crippen molar-refractivity contribution in [3.8, 4) is 0 Å². The molecule has 2 aromatic rings. The van der Waals surface area contributed by atoms with E-state index in [0.29, 0.717) is 6.54 Å². The molecule has 1 aliphatic rings. The fraction of sp³-hybridized carbons (Fsp3) is 0.417. The highest BCUT2D eigenvalue weighted by atomic mass is 19.1. The molecule has 1 atom stereocenters. The number of alkyl carbamates (subject to hydrolysis) is 1. The van der Waals surface area contributed by atoms with Gasteiger partial charge in [-0.1, -0.05) is 18.2 Å². The van der Waals surface area contributed by atoms with Crippen LogP contribution in [-0.4, -0.2) is 29.5 Å². The summed E-state index contributed by atoms with van der Waals surface area (Å²) < 4.78 is 18.5. The van der Waals surface area contributed by atoms with Crippen molar-refractivity contribution in [1.82, 2.24) is 10.2 Å². The van der Waals surface area contributed by atoms with Crippen LogP contribution in [0.2, 0.25) is 0 Å². The van der Waals surface area contributed by atoms with Crippen molar-refractivity contribution in [3.63, 3.8) is 0 Å². The minimum atomic E-state index is -0.524. The molecule has 5 nitrogen and oxygen atoms in total. The Kier molecular flexibility index (Phi) is 6.44. The van der Waals surface area contributed by atoms with Gasteiger partial charge in [-0.15, -0.1) is 0 Å². The normalized spacial score (nSPS) is 16.2. The third-order valence-electron chi connectivity index (χ3n) is 5.07. The number of hydrogen-bond acceptors (Lipinski definition) is 3. The van der Waals surface area contributed by atoms with Crippen LogP contribution < -0.4 is 5.32 Å². The number of hydrogen-bond donors (Lipinski definition) is 1. The summed E-state index contributed by atoms with van der Waals surface area (Å²) >= 11 is 0. The predicted octanol–water partition coefficient (Wildman–Crippen LogP) is 5.52. The second kappa shape index (κ2) is 8.86. The molecule has 0 radical (unpaired) electrons. The number of fused-ring (bicyclic) bond motifs is 1. The largest absolute Gasteiger partial charge is 0.444 e. The molecule has 0 bridgehead atoms. The van der Waals surface area contributed by atoms with Crippen LogP contribution in [0.15, 0.2) is 47.5 Å². The van der Waals surface area contributed by atoms with E-state index in [1.54, 1.807) is 12.1 Å². The van der Waals surface area contributed by atoms with Crippen molar-refractivity contribution in [1.29, 1.82) is 0 Å². The molecular weight excluding hydrogens is 381 g/mol. The summed E-state index contributed by atoms with van der Waals surface area (Å²) in [5.74, 6) is 0.619. The lowest BCUT2D eigenvalue weighted by molar-refractivity contribution is 0.0503. The van der Waals surface area contributed by atoms with Gasteiger partial charge in [0.15, 0.2) is 0 Å². The number of halogens is 1. The highest BCUT2D eigenvalue weighted by molar-refractivity contribution is 5.82. The predicted molar refractivity (Wildman–Crippen MR) is 118 cm³/mol. The van der Waals surface area contributed by atoms with Crippen LogP contribution in [0.4, 0.5) is 14.9 Å². The van der Waals surface area contributed by atoms with Gasteiger partial charge in [0.1, 0.15) is 17.3 Å². The van der Waals surface area contributed by atoms with E-state index in [9.17, 15) is 9.18 Å². The molecule has 1 N–H and O–H groups in total. The molecule has 6 heteroatoms. The fourth-order valence-electron chi connectivity index (χ4n) is 3.51. The average Bonchev–Trinajstić information content (AvgIpc) is 3.04. The van der Waals surface area contributed by atoms with Gasteiger partial charge in [-0.25, -0.2) is 14.2 Å². The summed E-state index contributed by atoms with van der Waals surface area (Å²) in [4.78, 5) is 19.0. The number of ether oxygens (including phenoxy) is 1. The van der Waals surface area contributed by atoms with Gasteiger partial charge in [0.05, 0.1) is 11.7 Å². The van der Waals surface area contributed by atoms with Crippen LogP contribution in [0.25, 0.3) is 0 Å². The first kappa shape index (κ1) is 21.8.